The van der Waals surface area contributed by atoms with Gasteiger partial charge in [-0.15, -0.1) is 0 Å². The number of carbonyl (C=O) groups is 2. The Morgan fingerprint density at radius 2 is 1.81 bits per heavy atom. The zero-order valence-corrected chi connectivity index (χ0v) is 18.5. The minimum absolute atomic E-state index is 0.0237. The maximum atomic E-state index is 13.9. The Morgan fingerprint density at radius 1 is 1.16 bits per heavy atom. The number of alkyl halides is 2. The van der Waals surface area contributed by atoms with E-state index in [0.717, 1.165) is 11.0 Å². The van der Waals surface area contributed by atoms with Crippen LogP contribution >= 0.6 is 11.6 Å². The van der Waals surface area contributed by atoms with Gasteiger partial charge in [-0.3, -0.25) is 4.79 Å². The molecule has 2 amide bonds. The molecule has 0 aliphatic heterocycles. The number of hydrogen-bond acceptors (Lipinski definition) is 7. The van der Waals surface area contributed by atoms with Gasteiger partial charge in [0.2, 0.25) is 11.7 Å². The summed E-state index contributed by atoms with van der Waals surface area (Å²) in [4.78, 5) is 36.8. The Balaban J connectivity index is 2.75. The molecule has 0 bridgehead atoms. The average Bonchev–Trinajstić information content (AvgIpc) is 2.59. The monoisotopic (exact) mass is 457 g/mol. The molecule has 2 aromatic heterocycles. The molecule has 0 aliphatic carbocycles. The van der Waals surface area contributed by atoms with Crippen LogP contribution in [0.1, 0.15) is 40.4 Å². The van der Waals surface area contributed by atoms with Gasteiger partial charge in [-0.2, -0.15) is 8.78 Å². The fraction of sp³-hybridized carbons (Fsp3) is 0.421. The number of ether oxygens (including phenoxy) is 2. The summed E-state index contributed by atoms with van der Waals surface area (Å²) in [6.07, 6.45) is 0.293. The largest absolute Gasteiger partial charge is 0.493 e. The lowest BCUT2D eigenvalue weighted by molar-refractivity contribution is -0.114. The van der Waals surface area contributed by atoms with Crippen molar-refractivity contribution < 1.29 is 27.8 Å². The molecular formula is C19H22ClF2N5O4. The van der Waals surface area contributed by atoms with E-state index in [1.807, 2.05) is 0 Å². The number of anilines is 3. The third kappa shape index (κ3) is 6.45. The summed E-state index contributed by atoms with van der Waals surface area (Å²) in [6, 6.07) is 2.43. The van der Waals surface area contributed by atoms with Crippen LogP contribution in [0.25, 0.3) is 0 Å². The van der Waals surface area contributed by atoms with Crippen LogP contribution in [0.5, 0.6) is 5.75 Å². The molecule has 0 aromatic carbocycles. The Hall–Kier alpha value is -3.08. The average molecular weight is 458 g/mol. The summed E-state index contributed by atoms with van der Waals surface area (Å²) in [5, 5.41) is 2.16. The SMILES string of the molecule is COc1cnc(NC(C)=O)cc1N(C(=O)OC(C)(C)C)c1cc(Cl)nc(C(C)(F)F)n1. The molecule has 0 saturated carbocycles. The number of rotatable bonds is 5. The van der Waals surface area contributed by atoms with Crippen molar-refractivity contribution in [3.05, 3.63) is 29.3 Å². The van der Waals surface area contributed by atoms with Gasteiger partial charge in [0.1, 0.15) is 28.1 Å². The molecule has 2 heterocycles. The van der Waals surface area contributed by atoms with Crippen molar-refractivity contribution in [2.24, 2.45) is 0 Å². The summed E-state index contributed by atoms with van der Waals surface area (Å²) >= 11 is 5.94. The zero-order valence-electron chi connectivity index (χ0n) is 17.8. The lowest BCUT2D eigenvalue weighted by Gasteiger charge is -2.28. The Kier molecular flexibility index (Phi) is 6.99. The standard InChI is InChI=1S/C19H22ClF2N5O4/c1-10(28)24-14-7-11(12(30-6)9-23-14)27(17(29)31-18(2,3)4)15-8-13(20)25-16(26-15)19(5,21)22/h7-9H,1-6H3,(H,23,24,28). The predicted octanol–water partition coefficient (Wildman–Crippen LogP) is 4.68. The second kappa shape index (κ2) is 8.96. The maximum absolute atomic E-state index is 13.9. The minimum Gasteiger partial charge on any atom is -0.493 e. The van der Waals surface area contributed by atoms with Gasteiger partial charge in [0.05, 0.1) is 13.3 Å². The number of halogens is 3. The van der Waals surface area contributed by atoms with Gasteiger partial charge in [0, 0.05) is 26.0 Å². The van der Waals surface area contributed by atoms with Gasteiger partial charge in [-0.05, 0) is 20.8 Å². The van der Waals surface area contributed by atoms with Gasteiger partial charge >= 0.3 is 12.0 Å². The highest BCUT2D eigenvalue weighted by Gasteiger charge is 2.33. The first-order valence-corrected chi connectivity index (χ1v) is 9.36. The number of hydrogen-bond donors (Lipinski definition) is 1. The maximum Gasteiger partial charge on any atom is 0.420 e. The molecule has 0 unspecified atom stereocenters. The second-order valence-electron chi connectivity index (χ2n) is 7.50. The normalized spacial score (nSPS) is 11.6. The van der Waals surface area contributed by atoms with E-state index in [1.54, 1.807) is 20.8 Å². The molecule has 2 aromatic rings. The summed E-state index contributed by atoms with van der Waals surface area (Å²) in [5.74, 6) is -4.85. The number of carbonyl (C=O) groups excluding carboxylic acids is 2. The molecule has 12 heteroatoms. The van der Waals surface area contributed by atoms with Gasteiger partial charge < -0.3 is 14.8 Å². The Morgan fingerprint density at radius 3 is 2.32 bits per heavy atom. The number of amides is 2. The summed E-state index contributed by atoms with van der Waals surface area (Å²) in [5.41, 5.74) is -0.902. The number of nitrogens with one attached hydrogen (secondary N) is 1. The molecular weight excluding hydrogens is 436 g/mol. The number of methoxy groups -OCH3 is 1. The fourth-order valence-corrected chi connectivity index (χ4v) is 2.53. The molecule has 0 radical (unpaired) electrons. The molecule has 0 fully saturated rings. The molecule has 0 spiro atoms. The van der Waals surface area contributed by atoms with Crippen molar-refractivity contribution in [1.29, 1.82) is 0 Å². The third-order valence-electron chi connectivity index (χ3n) is 3.49. The number of aromatic nitrogens is 3. The van der Waals surface area contributed by atoms with Crippen LogP contribution in [0.4, 0.5) is 30.9 Å². The Labute approximate surface area is 182 Å². The Bertz CT molecular complexity index is 992. The van der Waals surface area contributed by atoms with Crippen LogP contribution in [0, 0.1) is 0 Å². The highest BCUT2D eigenvalue weighted by molar-refractivity contribution is 6.29. The van der Waals surface area contributed by atoms with Crippen LogP contribution in [0.2, 0.25) is 5.15 Å². The molecule has 0 saturated heterocycles. The van der Waals surface area contributed by atoms with Crippen LogP contribution in [0.3, 0.4) is 0 Å². The first-order valence-electron chi connectivity index (χ1n) is 8.99. The smallest absolute Gasteiger partial charge is 0.420 e. The van der Waals surface area contributed by atoms with E-state index in [9.17, 15) is 18.4 Å². The topological polar surface area (TPSA) is 107 Å². The van der Waals surface area contributed by atoms with Gasteiger partial charge in [-0.1, -0.05) is 11.6 Å². The lowest BCUT2D eigenvalue weighted by atomic mass is 10.2. The van der Waals surface area contributed by atoms with E-state index in [-0.39, 0.29) is 28.2 Å². The van der Waals surface area contributed by atoms with Gasteiger partial charge in [0.25, 0.3) is 0 Å². The summed E-state index contributed by atoms with van der Waals surface area (Å²) < 4.78 is 38.5. The molecule has 168 valence electrons. The second-order valence-corrected chi connectivity index (χ2v) is 7.89. The first-order chi connectivity index (χ1) is 14.2. The molecule has 0 atom stereocenters. The highest BCUT2D eigenvalue weighted by Crippen LogP contribution is 2.37. The van der Waals surface area contributed by atoms with Gasteiger partial charge in [-0.25, -0.2) is 24.6 Å². The van der Waals surface area contributed by atoms with E-state index >= 15 is 0 Å². The van der Waals surface area contributed by atoms with Crippen molar-refractivity contribution in [3.8, 4) is 5.75 Å². The van der Waals surface area contributed by atoms with Crippen molar-refractivity contribution in [2.45, 2.75) is 46.1 Å². The summed E-state index contributed by atoms with van der Waals surface area (Å²) in [6.45, 7) is 6.77. The third-order valence-corrected chi connectivity index (χ3v) is 3.68. The lowest BCUT2D eigenvalue weighted by Crippen LogP contribution is -2.35. The summed E-state index contributed by atoms with van der Waals surface area (Å²) in [7, 11) is 1.32. The van der Waals surface area contributed by atoms with Crippen LogP contribution < -0.4 is 15.0 Å². The molecule has 1 N–H and O–H groups in total. The zero-order chi connectivity index (χ0) is 23.6. The van der Waals surface area contributed by atoms with E-state index in [2.05, 4.69) is 20.3 Å². The minimum atomic E-state index is -3.43. The fourth-order valence-electron chi connectivity index (χ4n) is 2.35. The van der Waals surface area contributed by atoms with E-state index < -0.39 is 29.3 Å². The highest BCUT2D eigenvalue weighted by atomic mass is 35.5. The van der Waals surface area contributed by atoms with E-state index in [0.29, 0.717) is 6.92 Å². The molecule has 0 aliphatic rings. The predicted molar refractivity (Wildman–Crippen MR) is 110 cm³/mol. The van der Waals surface area contributed by atoms with Crippen molar-refractivity contribution in [1.82, 2.24) is 15.0 Å². The van der Waals surface area contributed by atoms with E-state index in [1.165, 1.54) is 26.3 Å². The van der Waals surface area contributed by atoms with Crippen LogP contribution in [-0.2, 0) is 15.5 Å². The van der Waals surface area contributed by atoms with Gasteiger partial charge in [0.15, 0.2) is 5.75 Å². The van der Waals surface area contributed by atoms with Crippen LogP contribution in [0.15, 0.2) is 18.3 Å². The van der Waals surface area contributed by atoms with Crippen LogP contribution in [-0.4, -0.2) is 39.7 Å². The van der Waals surface area contributed by atoms with Crippen molar-refractivity contribution in [3.63, 3.8) is 0 Å². The first kappa shape index (κ1) is 24.2. The quantitative estimate of drug-likeness (QED) is 0.649. The number of nitrogens with zero attached hydrogens (tertiary/aromatic N) is 4. The van der Waals surface area contributed by atoms with Crippen molar-refractivity contribution in [2.75, 3.05) is 17.3 Å². The number of pyridine rings is 1. The molecule has 9 nitrogen and oxygen atoms in total. The molecule has 2 rings (SSSR count). The van der Waals surface area contributed by atoms with E-state index in [4.69, 9.17) is 21.1 Å². The van der Waals surface area contributed by atoms with Crippen molar-refractivity contribution >= 4 is 40.9 Å². The molecule has 31 heavy (non-hydrogen) atoms.